The molecule has 0 radical (unpaired) electrons. The molecule has 2 heteroatoms. The van der Waals surface area contributed by atoms with Gasteiger partial charge in [-0.2, -0.15) is 0 Å². The van der Waals surface area contributed by atoms with Crippen LogP contribution in [0.25, 0.3) is 0 Å². The second-order valence-electron chi connectivity index (χ2n) is 3.06. The Hall–Kier alpha value is -1.05. The largest absolute Gasteiger partial charge is 0.469 e. The van der Waals surface area contributed by atoms with E-state index in [9.17, 15) is 4.79 Å². The fraction of sp³-hybridized carbons (Fsp3) is 0.583. The standard InChI is InChI=1S/C12H20O2/c1-3-4-5-6-7-8-9-10-11-12(13)14-2/h4-5,7-8H,3,6,9-11H2,1-2H3. The third-order valence-corrected chi connectivity index (χ3v) is 1.82. The van der Waals surface area contributed by atoms with E-state index in [-0.39, 0.29) is 5.97 Å². The zero-order chi connectivity index (χ0) is 10.6. The molecule has 0 aromatic rings. The Morgan fingerprint density at radius 1 is 1.21 bits per heavy atom. The lowest BCUT2D eigenvalue weighted by molar-refractivity contribution is -0.140. The van der Waals surface area contributed by atoms with E-state index in [0.29, 0.717) is 6.42 Å². The number of carbonyl (C=O) groups excluding carboxylic acids is 1. The van der Waals surface area contributed by atoms with E-state index < -0.39 is 0 Å². The second-order valence-corrected chi connectivity index (χ2v) is 3.06. The third-order valence-electron chi connectivity index (χ3n) is 1.82. The molecule has 0 aliphatic rings. The van der Waals surface area contributed by atoms with E-state index in [1.165, 1.54) is 7.11 Å². The first-order chi connectivity index (χ1) is 6.81. The van der Waals surface area contributed by atoms with Crippen molar-refractivity contribution in [3.8, 4) is 0 Å². The molecule has 80 valence electrons. The monoisotopic (exact) mass is 196 g/mol. The van der Waals surface area contributed by atoms with Gasteiger partial charge >= 0.3 is 5.97 Å². The third kappa shape index (κ3) is 9.04. The molecular formula is C12H20O2. The maximum absolute atomic E-state index is 10.7. The van der Waals surface area contributed by atoms with Gasteiger partial charge in [0.15, 0.2) is 0 Å². The molecule has 0 rings (SSSR count). The zero-order valence-electron chi connectivity index (χ0n) is 9.16. The van der Waals surface area contributed by atoms with Gasteiger partial charge in [-0.3, -0.25) is 4.79 Å². The highest BCUT2D eigenvalue weighted by atomic mass is 16.5. The number of methoxy groups -OCH3 is 1. The smallest absolute Gasteiger partial charge is 0.305 e. The zero-order valence-corrected chi connectivity index (χ0v) is 9.16. The van der Waals surface area contributed by atoms with Gasteiger partial charge in [-0.1, -0.05) is 31.2 Å². The van der Waals surface area contributed by atoms with Gasteiger partial charge in [-0.15, -0.1) is 0 Å². The maximum atomic E-state index is 10.7. The van der Waals surface area contributed by atoms with Crippen LogP contribution >= 0.6 is 0 Å². The van der Waals surface area contributed by atoms with Crippen molar-refractivity contribution in [3.05, 3.63) is 24.3 Å². The van der Waals surface area contributed by atoms with Crippen LogP contribution in [0.1, 0.15) is 39.0 Å². The first kappa shape index (κ1) is 12.9. The molecule has 0 aliphatic carbocycles. The fourth-order valence-corrected chi connectivity index (χ4v) is 1.02. The number of allylic oxidation sites excluding steroid dienone is 4. The summed E-state index contributed by atoms with van der Waals surface area (Å²) in [5.74, 6) is -0.121. The number of unbranched alkanes of at least 4 members (excludes halogenated alkanes) is 1. The number of carbonyl (C=O) groups is 1. The second kappa shape index (κ2) is 10.0. The van der Waals surface area contributed by atoms with E-state index in [1.54, 1.807) is 0 Å². The van der Waals surface area contributed by atoms with Crippen molar-refractivity contribution in [2.24, 2.45) is 0 Å². The van der Waals surface area contributed by atoms with Gasteiger partial charge in [-0.05, 0) is 25.7 Å². The lowest BCUT2D eigenvalue weighted by Crippen LogP contribution is -1.98. The van der Waals surface area contributed by atoms with Gasteiger partial charge in [0.05, 0.1) is 7.11 Å². The normalized spacial score (nSPS) is 11.3. The van der Waals surface area contributed by atoms with Crippen molar-refractivity contribution in [2.75, 3.05) is 7.11 Å². The quantitative estimate of drug-likeness (QED) is 0.355. The highest BCUT2D eigenvalue weighted by Crippen LogP contribution is 1.99. The lowest BCUT2D eigenvalue weighted by atomic mass is 10.2. The first-order valence-corrected chi connectivity index (χ1v) is 5.18. The van der Waals surface area contributed by atoms with E-state index in [1.807, 2.05) is 0 Å². The Kier molecular flexibility index (Phi) is 9.28. The summed E-state index contributed by atoms with van der Waals surface area (Å²) in [6, 6.07) is 0. The van der Waals surface area contributed by atoms with Gasteiger partial charge in [0, 0.05) is 6.42 Å². The summed E-state index contributed by atoms with van der Waals surface area (Å²) in [5, 5.41) is 0. The van der Waals surface area contributed by atoms with Crippen LogP contribution in [0, 0.1) is 0 Å². The van der Waals surface area contributed by atoms with Gasteiger partial charge in [-0.25, -0.2) is 0 Å². The molecule has 0 heterocycles. The van der Waals surface area contributed by atoms with E-state index >= 15 is 0 Å². The molecule has 0 aromatic heterocycles. The minimum atomic E-state index is -0.121. The van der Waals surface area contributed by atoms with Gasteiger partial charge in [0.1, 0.15) is 0 Å². The van der Waals surface area contributed by atoms with Crippen LogP contribution in [0.3, 0.4) is 0 Å². The van der Waals surface area contributed by atoms with Crippen molar-refractivity contribution < 1.29 is 9.53 Å². The van der Waals surface area contributed by atoms with Crippen LogP contribution in [0.15, 0.2) is 24.3 Å². The molecule has 0 fully saturated rings. The number of hydrogen-bond acceptors (Lipinski definition) is 2. The summed E-state index contributed by atoms with van der Waals surface area (Å²) in [4.78, 5) is 10.7. The van der Waals surface area contributed by atoms with Crippen molar-refractivity contribution in [1.29, 1.82) is 0 Å². The Bertz CT molecular complexity index is 192. The minimum absolute atomic E-state index is 0.121. The number of rotatable bonds is 7. The summed E-state index contributed by atoms with van der Waals surface area (Å²) in [6.07, 6.45) is 13.0. The lowest BCUT2D eigenvalue weighted by Gasteiger charge is -1.95. The van der Waals surface area contributed by atoms with E-state index in [2.05, 4.69) is 36.0 Å². The molecule has 0 N–H and O–H groups in total. The average Bonchev–Trinajstić information content (AvgIpc) is 2.21. The molecule has 14 heavy (non-hydrogen) atoms. The summed E-state index contributed by atoms with van der Waals surface area (Å²) in [7, 11) is 1.42. The average molecular weight is 196 g/mol. The molecule has 0 atom stereocenters. The number of hydrogen-bond donors (Lipinski definition) is 0. The molecule has 0 aromatic carbocycles. The Labute approximate surface area is 86.6 Å². The Balaban J connectivity index is 3.27. The van der Waals surface area contributed by atoms with Gasteiger partial charge < -0.3 is 4.74 Å². The van der Waals surface area contributed by atoms with Crippen molar-refractivity contribution >= 4 is 5.97 Å². The van der Waals surface area contributed by atoms with Crippen molar-refractivity contribution in [1.82, 2.24) is 0 Å². The van der Waals surface area contributed by atoms with E-state index in [0.717, 1.165) is 25.7 Å². The SMILES string of the molecule is CCC=CCC=CCCCC(=O)OC. The van der Waals surface area contributed by atoms with Crippen LogP contribution in [0.4, 0.5) is 0 Å². The minimum Gasteiger partial charge on any atom is -0.469 e. The molecule has 0 aliphatic heterocycles. The molecule has 0 spiro atoms. The first-order valence-electron chi connectivity index (χ1n) is 5.18. The summed E-state index contributed by atoms with van der Waals surface area (Å²) >= 11 is 0. The maximum Gasteiger partial charge on any atom is 0.305 e. The summed E-state index contributed by atoms with van der Waals surface area (Å²) in [6.45, 7) is 2.12. The number of esters is 1. The van der Waals surface area contributed by atoms with Gasteiger partial charge in [0.25, 0.3) is 0 Å². The molecule has 0 bridgehead atoms. The van der Waals surface area contributed by atoms with Gasteiger partial charge in [0.2, 0.25) is 0 Å². The molecule has 0 amide bonds. The van der Waals surface area contributed by atoms with Crippen LogP contribution in [-0.2, 0) is 9.53 Å². The predicted molar refractivity (Wildman–Crippen MR) is 59.1 cm³/mol. The number of ether oxygens (including phenoxy) is 1. The molecule has 2 nitrogen and oxygen atoms in total. The van der Waals surface area contributed by atoms with Crippen LogP contribution in [0.2, 0.25) is 0 Å². The highest BCUT2D eigenvalue weighted by molar-refractivity contribution is 5.68. The Morgan fingerprint density at radius 2 is 1.93 bits per heavy atom. The summed E-state index contributed by atoms with van der Waals surface area (Å²) < 4.78 is 4.54. The molecular weight excluding hydrogens is 176 g/mol. The van der Waals surface area contributed by atoms with Crippen LogP contribution in [0.5, 0.6) is 0 Å². The van der Waals surface area contributed by atoms with Crippen LogP contribution in [-0.4, -0.2) is 13.1 Å². The molecule has 0 saturated heterocycles. The fourth-order valence-electron chi connectivity index (χ4n) is 1.02. The topological polar surface area (TPSA) is 26.3 Å². The molecule has 0 unspecified atom stereocenters. The van der Waals surface area contributed by atoms with Crippen molar-refractivity contribution in [3.63, 3.8) is 0 Å². The van der Waals surface area contributed by atoms with Crippen molar-refractivity contribution in [2.45, 2.75) is 39.0 Å². The molecule has 0 saturated carbocycles. The van der Waals surface area contributed by atoms with Crippen LogP contribution < -0.4 is 0 Å². The van der Waals surface area contributed by atoms with E-state index in [4.69, 9.17) is 0 Å². The summed E-state index contributed by atoms with van der Waals surface area (Å²) in [5.41, 5.74) is 0. The highest BCUT2D eigenvalue weighted by Gasteiger charge is 1.96. The predicted octanol–water partition coefficient (Wildman–Crippen LogP) is 3.24. The Morgan fingerprint density at radius 3 is 2.57 bits per heavy atom.